The summed E-state index contributed by atoms with van der Waals surface area (Å²) in [5.74, 6) is -0.0616. The van der Waals surface area contributed by atoms with Crippen LogP contribution in [0.1, 0.15) is 27.5 Å². The molecule has 4 rings (SSSR count). The average molecular weight is 412 g/mol. The van der Waals surface area contributed by atoms with Gasteiger partial charge in [0.1, 0.15) is 0 Å². The minimum atomic E-state index is -0.322. The van der Waals surface area contributed by atoms with E-state index in [1.165, 1.54) is 5.56 Å². The third-order valence-electron chi connectivity index (χ3n) is 4.86. The zero-order valence-corrected chi connectivity index (χ0v) is 15.6. The zero-order chi connectivity index (χ0) is 18.1. The molecular weight excluding hydrogens is 394 g/mol. The summed E-state index contributed by atoms with van der Waals surface area (Å²) in [5, 5.41) is 16.7. The van der Waals surface area contributed by atoms with Gasteiger partial charge in [0, 0.05) is 28.3 Å². The molecule has 1 aliphatic heterocycles. The van der Waals surface area contributed by atoms with E-state index in [-0.39, 0.29) is 18.6 Å². The third kappa shape index (κ3) is 3.06. The quantitative estimate of drug-likeness (QED) is 0.691. The molecule has 0 fully saturated rings. The second-order valence-corrected chi connectivity index (χ2v) is 7.27. The largest absolute Gasteiger partial charge is 0.394 e. The Bertz CT molecular complexity index is 923. The molecule has 26 heavy (non-hydrogen) atoms. The molecule has 1 unspecified atom stereocenters. The fourth-order valence-electron chi connectivity index (χ4n) is 3.49. The van der Waals surface area contributed by atoms with Gasteiger partial charge in [-0.3, -0.25) is 9.89 Å². The van der Waals surface area contributed by atoms with Gasteiger partial charge >= 0.3 is 0 Å². The van der Waals surface area contributed by atoms with Crippen molar-refractivity contribution in [3.8, 4) is 11.1 Å². The highest BCUT2D eigenvalue weighted by molar-refractivity contribution is 9.10. The number of nitrogens with one attached hydrogen (secondary N) is 1. The standard InChI is InChI=1S/C20H18BrN3O2/c21-17-6-5-14-7-8-24(19(12-25)18(14)9-17)20(26)15-3-1-13(2-4-15)16-10-22-23-11-16/h1-6,9-11,19,25H,7-8,12H2,(H,22,23). The molecule has 5 nitrogen and oxygen atoms in total. The number of aromatic amines is 1. The summed E-state index contributed by atoms with van der Waals surface area (Å²) >= 11 is 3.48. The molecule has 0 aliphatic carbocycles. The van der Waals surface area contributed by atoms with E-state index in [0.717, 1.165) is 27.6 Å². The summed E-state index contributed by atoms with van der Waals surface area (Å²) in [6.45, 7) is 0.504. The van der Waals surface area contributed by atoms with Crippen molar-refractivity contribution in [3.05, 3.63) is 76.0 Å². The number of hydrogen-bond donors (Lipinski definition) is 2. The van der Waals surface area contributed by atoms with Gasteiger partial charge in [-0.25, -0.2) is 0 Å². The van der Waals surface area contributed by atoms with Gasteiger partial charge in [-0.1, -0.05) is 34.1 Å². The number of aromatic nitrogens is 2. The smallest absolute Gasteiger partial charge is 0.254 e. The molecule has 1 atom stereocenters. The maximum absolute atomic E-state index is 13.0. The number of carbonyl (C=O) groups is 1. The van der Waals surface area contributed by atoms with Gasteiger partial charge < -0.3 is 10.0 Å². The summed E-state index contributed by atoms with van der Waals surface area (Å²) in [5.41, 5.74) is 4.80. The maximum Gasteiger partial charge on any atom is 0.254 e. The van der Waals surface area contributed by atoms with Crippen molar-refractivity contribution in [3.63, 3.8) is 0 Å². The number of fused-ring (bicyclic) bond motifs is 1. The zero-order valence-electron chi connectivity index (χ0n) is 14.0. The maximum atomic E-state index is 13.0. The van der Waals surface area contributed by atoms with E-state index in [0.29, 0.717) is 12.1 Å². The lowest BCUT2D eigenvalue weighted by molar-refractivity contribution is 0.0568. The van der Waals surface area contributed by atoms with Crippen molar-refractivity contribution in [2.24, 2.45) is 0 Å². The van der Waals surface area contributed by atoms with E-state index in [9.17, 15) is 9.90 Å². The van der Waals surface area contributed by atoms with Gasteiger partial charge in [0.15, 0.2) is 0 Å². The molecule has 2 heterocycles. The molecule has 2 N–H and O–H groups in total. The number of halogens is 1. The molecule has 3 aromatic rings. The van der Waals surface area contributed by atoms with E-state index in [2.05, 4.69) is 32.2 Å². The highest BCUT2D eigenvalue weighted by Crippen LogP contribution is 2.33. The predicted octanol–water partition coefficient (Wildman–Crippen LogP) is 3.57. The lowest BCUT2D eigenvalue weighted by Gasteiger charge is -2.36. The third-order valence-corrected chi connectivity index (χ3v) is 5.36. The number of benzene rings is 2. The fourth-order valence-corrected chi connectivity index (χ4v) is 3.87. The lowest BCUT2D eigenvalue weighted by atomic mass is 9.92. The van der Waals surface area contributed by atoms with Gasteiger partial charge in [-0.2, -0.15) is 5.10 Å². The Hall–Kier alpha value is -2.44. The van der Waals surface area contributed by atoms with Crippen LogP contribution in [0.25, 0.3) is 11.1 Å². The minimum Gasteiger partial charge on any atom is -0.394 e. The van der Waals surface area contributed by atoms with Gasteiger partial charge in [0.2, 0.25) is 0 Å². The van der Waals surface area contributed by atoms with Crippen molar-refractivity contribution >= 4 is 21.8 Å². The number of nitrogens with zero attached hydrogens (tertiary/aromatic N) is 2. The molecule has 1 amide bonds. The first-order valence-corrected chi connectivity index (χ1v) is 9.26. The topological polar surface area (TPSA) is 69.2 Å². The molecule has 1 aromatic heterocycles. The van der Waals surface area contributed by atoms with Gasteiger partial charge in [0.05, 0.1) is 18.8 Å². The van der Waals surface area contributed by atoms with E-state index >= 15 is 0 Å². The molecule has 2 aromatic carbocycles. The Kier molecular flexibility index (Phi) is 4.61. The lowest BCUT2D eigenvalue weighted by Crippen LogP contribution is -2.41. The Morgan fingerprint density at radius 3 is 2.73 bits per heavy atom. The van der Waals surface area contributed by atoms with E-state index in [4.69, 9.17) is 0 Å². The molecule has 0 bridgehead atoms. The van der Waals surface area contributed by atoms with Gasteiger partial charge in [-0.05, 0) is 47.4 Å². The molecule has 1 aliphatic rings. The van der Waals surface area contributed by atoms with E-state index in [1.807, 2.05) is 42.6 Å². The van der Waals surface area contributed by atoms with Crippen LogP contribution in [0.5, 0.6) is 0 Å². The van der Waals surface area contributed by atoms with Crippen LogP contribution in [0.4, 0.5) is 0 Å². The Labute approximate surface area is 159 Å². The Morgan fingerprint density at radius 1 is 1.23 bits per heavy atom. The molecule has 0 radical (unpaired) electrons. The summed E-state index contributed by atoms with van der Waals surface area (Å²) in [6, 6.07) is 13.2. The molecule has 6 heteroatoms. The van der Waals surface area contributed by atoms with Crippen LogP contribution >= 0.6 is 15.9 Å². The summed E-state index contributed by atoms with van der Waals surface area (Å²) in [6.07, 6.45) is 4.36. The van der Waals surface area contributed by atoms with Crippen LogP contribution in [0.15, 0.2) is 59.3 Å². The Balaban J connectivity index is 1.61. The normalized spacial score (nSPS) is 16.4. The predicted molar refractivity (Wildman–Crippen MR) is 103 cm³/mol. The molecular formula is C20H18BrN3O2. The SMILES string of the molecule is O=C(c1ccc(-c2cn[nH]c2)cc1)N1CCc2ccc(Br)cc2C1CO. The van der Waals surface area contributed by atoms with Crippen molar-refractivity contribution in [1.82, 2.24) is 15.1 Å². The number of rotatable bonds is 3. The van der Waals surface area contributed by atoms with Crippen molar-refractivity contribution < 1.29 is 9.90 Å². The molecule has 132 valence electrons. The van der Waals surface area contributed by atoms with Gasteiger partial charge in [0.25, 0.3) is 5.91 Å². The number of aliphatic hydroxyl groups excluding tert-OH is 1. The van der Waals surface area contributed by atoms with Crippen LogP contribution < -0.4 is 0 Å². The van der Waals surface area contributed by atoms with Crippen LogP contribution in [0.3, 0.4) is 0 Å². The number of amides is 1. The summed E-state index contributed by atoms with van der Waals surface area (Å²) in [4.78, 5) is 14.8. The minimum absolute atomic E-state index is 0.0616. The first-order valence-electron chi connectivity index (χ1n) is 8.47. The summed E-state index contributed by atoms with van der Waals surface area (Å²) < 4.78 is 0.952. The molecule has 0 saturated heterocycles. The van der Waals surface area contributed by atoms with E-state index < -0.39 is 0 Å². The number of carbonyl (C=O) groups excluding carboxylic acids is 1. The van der Waals surface area contributed by atoms with Crippen LogP contribution in [-0.4, -0.2) is 39.3 Å². The fraction of sp³-hybridized carbons (Fsp3) is 0.200. The highest BCUT2D eigenvalue weighted by atomic mass is 79.9. The second kappa shape index (κ2) is 7.05. The van der Waals surface area contributed by atoms with Crippen LogP contribution in [0.2, 0.25) is 0 Å². The van der Waals surface area contributed by atoms with Crippen LogP contribution in [0, 0.1) is 0 Å². The van der Waals surface area contributed by atoms with Crippen molar-refractivity contribution in [1.29, 1.82) is 0 Å². The number of hydrogen-bond acceptors (Lipinski definition) is 3. The van der Waals surface area contributed by atoms with E-state index in [1.54, 1.807) is 11.1 Å². The highest BCUT2D eigenvalue weighted by Gasteiger charge is 2.31. The average Bonchev–Trinajstić information content (AvgIpc) is 3.21. The second-order valence-electron chi connectivity index (χ2n) is 6.35. The number of H-pyrrole nitrogens is 1. The number of aliphatic hydroxyl groups is 1. The Morgan fingerprint density at radius 2 is 2.04 bits per heavy atom. The van der Waals surface area contributed by atoms with Gasteiger partial charge in [-0.15, -0.1) is 0 Å². The van der Waals surface area contributed by atoms with Crippen LogP contribution in [-0.2, 0) is 6.42 Å². The van der Waals surface area contributed by atoms with Crippen molar-refractivity contribution in [2.75, 3.05) is 13.2 Å². The molecule has 0 spiro atoms. The first-order chi connectivity index (χ1) is 12.7. The molecule has 0 saturated carbocycles. The van der Waals surface area contributed by atoms with Crippen molar-refractivity contribution in [2.45, 2.75) is 12.5 Å². The first kappa shape index (κ1) is 17.0. The monoisotopic (exact) mass is 411 g/mol. The summed E-state index contributed by atoms with van der Waals surface area (Å²) in [7, 11) is 0.